The van der Waals surface area contributed by atoms with Crippen molar-refractivity contribution in [3.8, 4) is 0 Å². The Hall–Kier alpha value is -1.94. The van der Waals surface area contributed by atoms with Crippen molar-refractivity contribution < 1.29 is 4.79 Å². The van der Waals surface area contributed by atoms with Crippen molar-refractivity contribution in [1.29, 1.82) is 0 Å². The summed E-state index contributed by atoms with van der Waals surface area (Å²) in [6, 6.07) is 17.5. The largest absolute Gasteiger partial charge is 0.331 e. The van der Waals surface area contributed by atoms with Crippen LogP contribution in [0.1, 0.15) is 18.5 Å². The Balaban J connectivity index is 1.95. The van der Waals surface area contributed by atoms with E-state index >= 15 is 0 Å². The lowest BCUT2D eigenvalue weighted by molar-refractivity contribution is 0.249. The Morgan fingerprint density at radius 1 is 1.10 bits per heavy atom. The molecule has 0 saturated carbocycles. The van der Waals surface area contributed by atoms with Crippen LogP contribution in [0.5, 0.6) is 0 Å². The standard InChI is InChI=1S/C16H18N2OS/c1-12(13-7-4-3-5-8-13)17-16(19)18-14-9-6-10-15(11-14)20-2/h3-12H,1-2H3,(H2,17,18,19). The lowest BCUT2D eigenvalue weighted by Gasteiger charge is -2.15. The minimum absolute atomic E-state index is 0.0278. The van der Waals surface area contributed by atoms with Crippen LogP contribution in [-0.4, -0.2) is 12.3 Å². The van der Waals surface area contributed by atoms with Gasteiger partial charge >= 0.3 is 6.03 Å². The Morgan fingerprint density at radius 3 is 2.55 bits per heavy atom. The number of carbonyl (C=O) groups excluding carboxylic acids is 1. The van der Waals surface area contributed by atoms with Gasteiger partial charge in [-0.05, 0) is 36.9 Å². The van der Waals surface area contributed by atoms with Gasteiger partial charge in [0.2, 0.25) is 0 Å². The SMILES string of the molecule is CSc1cccc(NC(=O)NC(C)c2ccccc2)c1. The Labute approximate surface area is 123 Å². The van der Waals surface area contributed by atoms with Gasteiger partial charge in [-0.25, -0.2) is 4.79 Å². The molecule has 0 aliphatic rings. The van der Waals surface area contributed by atoms with E-state index in [1.807, 2.05) is 67.8 Å². The second kappa shape index (κ2) is 7.01. The molecule has 0 radical (unpaired) electrons. The van der Waals surface area contributed by atoms with Crippen LogP contribution in [0.25, 0.3) is 0 Å². The summed E-state index contributed by atoms with van der Waals surface area (Å²) in [4.78, 5) is 13.1. The zero-order valence-electron chi connectivity index (χ0n) is 11.6. The molecule has 20 heavy (non-hydrogen) atoms. The zero-order valence-corrected chi connectivity index (χ0v) is 12.4. The second-order valence-electron chi connectivity index (χ2n) is 4.46. The summed E-state index contributed by atoms with van der Waals surface area (Å²) in [6.07, 6.45) is 2.01. The first-order chi connectivity index (χ1) is 9.69. The maximum absolute atomic E-state index is 12.0. The highest BCUT2D eigenvalue weighted by Gasteiger charge is 2.09. The number of urea groups is 1. The first-order valence-electron chi connectivity index (χ1n) is 6.45. The molecule has 0 bridgehead atoms. The number of anilines is 1. The molecule has 1 atom stereocenters. The van der Waals surface area contributed by atoms with Crippen molar-refractivity contribution in [3.63, 3.8) is 0 Å². The van der Waals surface area contributed by atoms with E-state index in [2.05, 4.69) is 10.6 Å². The molecule has 0 spiro atoms. The zero-order chi connectivity index (χ0) is 14.4. The number of amides is 2. The average Bonchev–Trinajstić information content (AvgIpc) is 2.48. The number of hydrogen-bond acceptors (Lipinski definition) is 2. The molecule has 2 aromatic rings. The maximum atomic E-state index is 12.0. The number of nitrogens with one attached hydrogen (secondary N) is 2. The number of hydrogen-bond donors (Lipinski definition) is 2. The van der Waals surface area contributed by atoms with E-state index in [1.54, 1.807) is 11.8 Å². The van der Waals surface area contributed by atoms with Crippen molar-refractivity contribution >= 4 is 23.5 Å². The van der Waals surface area contributed by atoms with Crippen molar-refractivity contribution in [2.45, 2.75) is 17.9 Å². The lowest BCUT2D eigenvalue weighted by Crippen LogP contribution is -2.31. The van der Waals surface area contributed by atoms with Gasteiger partial charge in [-0.15, -0.1) is 11.8 Å². The summed E-state index contributed by atoms with van der Waals surface area (Å²) in [6.45, 7) is 1.97. The summed E-state index contributed by atoms with van der Waals surface area (Å²) in [5.74, 6) is 0. The average molecular weight is 286 g/mol. The van der Waals surface area contributed by atoms with Crippen molar-refractivity contribution in [3.05, 3.63) is 60.2 Å². The second-order valence-corrected chi connectivity index (χ2v) is 5.34. The molecule has 2 aromatic carbocycles. The topological polar surface area (TPSA) is 41.1 Å². The van der Waals surface area contributed by atoms with E-state index in [1.165, 1.54) is 0 Å². The molecule has 0 saturated heterocycles. The van der Waals surface area contributed by atoms with E-state index in [4.69, 9.17) is 0 Å². The van der Waals surface area contributed by atoms with Crippen LogP contribution in [0, 0.1) is 0 Å². The normalized spacial score (nSPS) is 11.7. The Morgan fingerprint density at radius 2 is 1.85 bits per heavy atom. The number of rotatable bonds is 4. The van der Waals surface area contributed by atoms with E-state index in [9.17, 15) is 4.79 Å². The van der Waals surface area contributed by atoms with E-state index in [0.29, 0.717) is 0 Å². The van der Waals surface area contributed by atoms with Crippen molar-refractivity contribution in [2.24, 2.45) is 0 Å². The molecule has 3 nitrogen and oxygen atoms in total. The molecule has 1 unspecified atom stereocenters. The molecule has 0 fully saturated rings. The van der Waals surface area contributed by atoms with Crippen LogP contribution in [0.4, 0.5) is 10.5 Å². The number of carbonyl (C=O) groups is 1. The number of thioether (sulfide) groups is 1. The molecule has 0 aliphatic heterocycles. The molecule has 2 rings (SSSR count). The fourth-order valence-corrected chi connectivity index (χ4v) is 2.35. The highest BCUT2D eigenvalue weighted by atomic mass is 32.2. The summed E-state index contributed by atoms with van der Waals surface area (Å²) < 4.78 is 0. The van der Waals surface area contributed by atoms with Gasteiger partial charge in [0, 0.05) is 10.6 Å². The van der Waals surface area contributed by atoms with Gasteiger partial charge in [0.1, 0.15) is 0 Å². The third-order valence-electron chi connectivity index (χ3n) is 2.97. The van der Waals surface area contributed by atoms with Crippen molar-refractivity contribution in [1.82, 2.24) is 5.32 Å². The van der Waals surface area contributed by atoms with Crippen LogP contribution in [-0.2, 0) is 0 Å². The molecule has 4 heteroatoms. The van der Waals surface area contributed by atoms with Gasteiger partial charge in [-0.3, -0.25) is 0 Å². The molecule has 104 valence electrons. The van der Waals surface area contributed by atoms with Crippen LogP contribution in [0.15, 0.2) is 59.5 Å². The quantitative estimate of drug-likeness (QED) is 0.823. The number of benzene rings is 2. The molecule has 2 amide bonds. The molecule has 2 N–H and O–H groups in total. The lowest BCUT2D eigenvalue weighted by atomic mass is 10.1. The summed E-state index contributed by atoms with van der Waals surface area (Å²) in [7, 11) is 0. The third kappa shape index (κ3) is 4.03. The van der Waals surface area contributed by atoms with E-state index < -0.39 is 0 Å². The van der Waals surface area contributed by atoms with Crippen molar-refractivity contribution in [2.75, 3.05) is 11.6 Å². The molecular formula is C16H18N2OS. The van der Waals surface area contributed by atoms with Gasteiger partial charge in [0.05, 0.1) is 6.04 Å². The van der Waals surface area contributed by atoms with Gasteiger partial charge in [-0.1, -0.05) is 36.4 Å². The fraction of sp³-hybridized carbons (Fsp3) is 0.188. The maximum Gasteiger partial charge on any atom is 0.319 e. The fourth-order valence-electron chi connectivity index (χ4n) is 1.89. The van der Waals surface area contributed by atoms with E-state index in [0.717, 1.165) is 16.1 Å². The van der Waals surface area contributed by atoms with Crippen LogP contribution in [0.2, 0.25) is 0 Å². The molecule has 0 heterocycles. The van der Waals surface area contributed by atoms with Gasteiger partial charge in [0.15, 0.2) is 0 Å². The highest BCUT2D eigenvalue weighted by Crippen LogP contribution is 2.19. The third-order valence-corrected chi connectivity index (χ3v) is 3.70. The van der Waals surface area contributed by atoms with Gasteiger partial charge in [-0.2, -0.15) is 0 Å². The predicted molar refractivity (Wildman–Crippen MR) is 85.2 cm³/mol. The predicted octanol–water partition coefficient (Wildman–Crippen LogP) is 4.29. The van der Waals surface area contributed by atoms with Crippen LogP contribution in [0.3, 0.4) is 0 Å². The summed E-state index contributed by atoms with van der Waals surface area (Å²) in [5, 5.41) is 5.78. The van der Waals surface area contributed by atoms with Crippen LogP contribution < -0.4 is 10.6 Å². The molecular weight excluding hydrogens is 268 g/mol. The monoisotopic (exact) mass is 286 g/mol. The molecule has 0 aliphatic carbocycles. The minimum Gasteiger partial charge on any atom is -0.331 e. The summed E-state index contributed by atoms with van der Waals surface area (Å²) >= 11 is 1.65. The first kappa shape index (κ1) is 14.5. The molecule has 0 aromatic heterocycles. The Kier molecular flexibility index (Phi) is 5.07. The van der Waals surface area contributed by atoms with Crippen LogP contribution >= 0.6 is 11.8 Å². The minimum atomic E-state index is -0.195. The van der Waals surface area contributed by atoms with Gasteiger partial charge < -0.3 is 10.6 Å². The Bertz CT molecular complexity index is 572. The summed E-state index contributed by atoms with van der Waals surface area (Å²) in [5.41, 5.74) is 1.88. The van der Waals surface area contributed by atoms with E-state index in [-0.39, 0.29) is 12.1 Å². The van der Waals surface area contributed by atoms with Gasteiger partial charge in [0.25, 0.3) is 0 Å². The first-order valence-corrected chi connectivity index (χ1v) is 7.68. The smallest absolute Gasteiger partial charge is 0.319 e. The highest BCUT2D eigenvalue weighted by molar-refractivity contribution is 7.98.